The molecule has 0 fully saturated rings. The van der Waals surface area contributed by atoms with Gasteiger partial charge in [0.2, 0.25) is 0 Å². The van der Waals surface area contributed by atoms with Gasteiger partial charge in [-0.1, -0.05) is 12.1 Å². The van der Waals surface area contributed by atoms with Gasteiger partial charge in [0.1, 0.15) is 11.5 Å². The Morgan fingerprint density at radius 2 is 2.06 bits per heavy atom. The first-order chi connectivity index (χ1) is 8.65. The SMILES string of the molecule is O=C(NCCc1ccc(F)cc1)c1cc(Br)c[nH]1. The van der Waals surface area contributed by atoms with Crippen LogP contribution in [0.15, 0.2) is 41.0 Å². The smallest absolute Gasteiger partial charge is 0.267 e. The first-order valence-corrected chi connectivity index (χ1v) is 6.31. The molecule has 0 saturated heterocycles. The molecule has 0 bridgehead atoms. The molecule has 2 N–H and O–H groups in total. The van der Waals surface area contributed by atoms with Crippen molar-refractivity contribution in [2.75, 3.05) is 6.54 Å². The van der Waals surface area contributed by atoms with Crippen LogP contribution in [0.1, 0.15) is 16.1 Å². The second-order valence-corrected chi connectivity index (χ2v) is 4.78. The maximum absolute atomic E-state index is 12.7. The van der Waals surface area contributed by atoms with Crippen LogP contribution < -0.4 is 5.32 Å². The fourth-order valence-electron chi connectivity index (χ4n) is 1.57. The Bertz CT molecular complexity index is 536. The maximum atomic E-state index is 12.7. The molecule has 1 aromatic heterocycles. The second kappa shape index (κ2) is 5.82. The van der Waals surface area contributed by atoms with E-state index in [0.29, 0.717) is 18.7 Å². The predicted octanol–water partition coefficient (Wildman–Crippen LogP) is 2.89. The number of nitrogens with one attached hydrogen (secondary N) is 2. The van der Waals surface area contributed by atoms with Crippen LogP contribution in [0.25, 0.3) is 0 Å². The molecule has 1 amide bonds. The highest BCUT2D eigenvalue weighted by atomic mass is 79.9. The van der Waals surface area contributed by atoms with Gasteiger partial charge in [0.05, 0.1) is 0 Å². The molecule has 5 heteroatoms. The van der Waals surface area contributed by atoms with E-state index in [9.17, 15) is 9.18 Å². The zero-order valence-corrected chi connectivity index (χ0v) is 11.1. The topological polar surface area (TPSA) is 44.9 Å². The molecule has 0 radical (unpaired) electrons. The van der Waals surface area contributed by atoms with Gasteiger partial charge in [-0.15, -0.1) is 0 Å². The Hall–Kier alpha value is -1.62. The van der Waals surface area contributed by atoms with Crippen LogP contribution in [0.2, 0.25) is 0 Å². The van der Waals surface area contributed by atoms with E-state index >= 15 is 0 Å². The van der Waals surface area contributed by atoms with Gasteiger partial charge < -0.3 is 10.3 Å². The first-order valence-electron chi connectivity index (χ1n) is 5.52. The summed E-state index contributed by atoms with van der Waals surface area (Å²) in [4.78, 5) is 14.5. The van der Waals surface area contributed by atoms with Crippen molar-refractivity contribution in [3.05, 3.63) is 58.1 Å². The second-order valence-electron chi connectivity index (χ2n) is 3.86. The van der Waals surface area contributed by atoms with Crippen molar-refractivity contribution in [1.29, 1.82) is 0 Å². The Morgan fingerprint density at radius 1 is 1.33 bits per heavy atom. The van der Waals surface area contributed by atoms with E-state index in [4.69, 9.17) is 0 Å². The summed E-state index contributed by atoms with van der Waals surface area (Å²) < 4.78 is 13.5. The zero-order chi connectivity index (χ0) is 13.0. The molecule has 1 heterocycles. The number of amides is 1. The van der Waals surface area contributed by atoms with E-state index in [1.54, 1.807) is 24.4 Å². The lowest BCUT2D eigenvalue weighted by molar-refractivity contribution is 0.0950. The molecule has 18 heavy (non-hydrogen) atoms. The Labute approximate surface area is 113 Å². The first kappa shape index (κ1) is 12.8. The van der Waals surface area contributed by atoms with Crippen LogP contribution in [0.5, 0.6) is 0 Å². The van der Waals surface area contributed by atoms with Crippen molar-refractivity contribution in [2.45, 2.75) is 6.42 Å². The Kier molecular flexibility index (Phi) is 4.15. The van der Waals surface area contributed by atoms with Gasteiger partial charge in [0.25, 0.3) is 5.91 Å². The monoisotopic (exact) mass is 310 g/mol. The summed E-state index contributed by atoms with van der Waals surface area (Å²) in [5, 5.41) is 2.79. The number of hydrogen-bond acceptors (Lipinski definition) is 1. The number of carbonyl (C=O) groups is 1. The minimum Gasteiger partial charge on any atom is -0.356 e. The molecule has 94 valence electrons. The summed E-state index contributed by atoms with van der Waals surface area (Å²) in [5.41, 5.74) is 1.50. The van der Waals surface area contributed by atoms with Crippen LogP contribution >= 0.6 is 15.9 Å². The van der Waals surface area contributed by atoms with Gasteiger partial charge in [-0.25, -0.2) is 4.39 Å². The molecular weight excluding hydrogens is 299 g/mol. The average Bonchev–Trinajstić information content (AvgIpc) is 2.78. The molecule has 0 spiro atoms. The van der Waals surface area contributed by atoms with Crippen LogP contribution in [-0.4, -0.2) is 17.4 Å². The largest absolute Gasteiger partial charge is 0.356 e. The van der Waals surface area contributed by atoms with Crippen molar-refractivity contribution in [1.82, 2.24) is 10.3 Å². The normalized spacial score (nSPS) is 10.3. The number of carbonyl (C=O) groups excluding carboxylic acids is 1. The fraction of sp³-hybridized carbons (Fsp3) is 0.154. The number of benzene rings is 1. The summed E-state index contributed by atoms with van der Waals surface area (Å²) in [6.07, 6.45) is 2.38. The van der Waals surface area contributed by atoms with E-state index in [1.165, 1.54) is 12.1 Å². The number of aromatic nitrogens is 1. The lowest BCUT2D eigenvalue weighted by Gasteiger charge is -2.04. The fourth-order valence-corrected chi connectivity index (χ4v) is 1.91. The minimum absolute atomic E-state index is 0.150. The van der Waals surface area contributed by atoms with E-state index in [2.05, 4.69) is 26.2 Å². The third kappa shape index (κ3) is 3.43. The standard InChI is InChI=1S/C13H12BrFN2O/c14-10-7-12(17-8-10)13(18)16-6-5-9-1-3-11(15)4-2-9/h1-4,7-8,17H,5-6H2,(H,16,18). The van der Waals surface area contributed by atoms with Gasteiger partial charge in [-0.05, 0) is 46.1 Å². The molecule has 0 aliphatic rings. The Morgan fingerprint density at radius 3 is 2.67 bits per heavy atom. The Balaban J connectivity index is 1.82. The molecule has 0 aliphatic heterocycles. The van der Waals surface area contributed by atoms with Crippen molar-refractivity contribution in [3.8, 4) is 0 Å². The van der Waals surface area contributed by atoms with Crippen molar-refractivity contribution < 1.29 is 9.18 Å². The van der Waals surface area contributed by atoms with Crippen molar-refractivity contribution in [2.24, 2.45) is 0 Å². The maximum Gasteiger partial charge on any atom is 0.267 e. The summed E-state index contributed by atoms with van der Waals surface area (Å²) in [7, 11) is 0. The molecule has 0 saturated carbocycles. The van der Waals surface area contributed by atoms with Gasteiger partial charge in [0, 0.05) is 17.2 Å². The number of hydrogen-bond donors (Lipinski definition) is 2. The summed E-state index contributed by atoms with van der Waals surface area (Å²) in [5.74, 6) is -0.401. The van der Waals surface area contributed by atoms with Crippen LogP contribution in [0, 0.1) is 5.82 Å². The molecule has 0 unspecified atom stereocenters. The molecule has 0 aliphatic carbocycles. The van der Waals surface area contributed by atoms with E-state index in [0.717, 1.165) is 10.0 Å². The van der Waals surface area contributed by atoms with Crippen LogP contribution in [0.3, 0.4) is 0 Å². The lowest BCUT2D eigenvalue weighted by atomic mass is 10.1. The van der Waals surface area contributed by atoms with Gasteiger partial charge in [-0.2, -0.15) is 0 Å². The van der Waals surface area contributed by atoms with Gasteiger partial charge >= 0.3 is 0 Å². The molecule has 2 aromatic rings. The number of rotatable bonds is 4. The predicted molar refractivity (Wildman–Crippen MR) is 70.9 cm³/mol. The van der Waals surface area contributed by atoms with Gasteiger partial charge in [0.15, 0.2) is 0 Å². The number of aromatic amines is 1. The number of H-pyrrole nitrogens is 1. The molecule has 1 aromatic carbocycles. The molecule has 3 nitrogen and oxygen atoms in total. The molecular formula is C13H12BrFN2O. The third-order valence-electron chi connectivity index (χ3n) is 2.50. The quantitative estimate of drug-likeness (QED) is 0.896. The molecule has 0 atom stereocenters. The van der Waals surface area contributed by atoms with E-state index in [1.807, 2.05) is 0 Å². The number of halogens is 2. The van der Waals surface area contributed by atoms with E-state index in [-0.39, 0.29) is 11.7 Å². The van der Waals surface area contributed by atoms with Gasteiger partial charge in [-0.3, -0.25) is 4.79 Å². The highest BCUT2D eigenvalue weighted by Gasteiger charge is 2.06. The van der Waals surface area contributed by atoms with E-state index < -0.39 is 0 Å². The van der Waals surface area contributed by atoms with Crippen LogP contribution in [-0.2, 0) is 6.42 Å². The highest BCUT2D eigenvalue weighted by molar-refractivity contribution is 9.10. The summed E-state index contributed by atoms with van der Waals surface area (Å²) in [6.45, 7) is 0.515. The van der Waals surface area contributed by atoms with Crippen molar-refractivity contribution >= 4 is 21.8 Å². The highest BCUT2D eigenvalue weighted by Crippen LogP contribution is 2.10. The summed E-state index contributed by atoms with van der Waals surface area (Å²) in [6, 6.07) is 7.98. The van der Waals surface area contributed by atoms with Crippen LogP contribution in [0.4, 0.5) is 4.39 Å². The van der Waals surface area contributed by atoms with Crippen molar-refractivity contribution in [3.63, 3.8) is 0 Å². The zero-order valence-electron chi connectivity index (χ0n) is 9.54. The molecule has 2 rings (SSSR count). The lowest BCUT2D eigenvalue weighted by Crippen LogP contribution is -2.25. The third-order valence-corrected chi connectivity index (χ3v) is 2.96. The summed E-state index contributed by atoms with van der Waals surface area (Å²) >= 11 is 3.27. The minimum atomic E-state index is -0.251. The average molecular weight is 311 g/mol.